The van der Waals surface area contributed by atoms with Crippen LogP contribution in [0, 0.1) is 6.92 Å². The molecule has 0 N–H and O–H groups in total. The molecular formula is C14H19ClO. The van der Waals surface area contributed by atoms with E-state index in [1.54, 1.807) is 6.92 Å². The van der Waals surface area contributed by atoms with Gasteiger partial charge in [-0.15, -0.1) is 11.6 Å². The molecule has 1 aromatic carbocycles. The minimum Gasteiger partial charge on any atom is -0.293 e. The number of aryl methyl sites for hydroxylation is 1. The summed E-state index contributed by atoms with van der Waals surface area (Å²) >= 11 is 5.81. The Hall–Kier alpha value is -0.820. The highest BCUT2D eigenvalue weighted by Crippen LogP contribution is 2.25. The second-order valence-electron chi connectivity index (χ2n) is 5.26. The Morgan fingerprint density at radius 3 is 2.25 bits per heavy atom. The van der Waals surface area contributed by atoms with Gasteiger partial charge in [0.25, 0.3) is 0 Å². The molecule has 0 saturated carbocycles. The van der Waals surface area contributed by atoms with E-state index in [1.165, 1.54) is 5.56 Å². The Morgan fingerprint density at radius 1 is 1.31 bits per heavy atom. The maximum Gasteiger partial charge on any atom is 0.180 e. The number of halogens is 1. The number of hydrogen-bond acceptors (Lipinski definition) is 1. The largest absolute Gasteiger partial charge is 0.293 e. The average molecular weight is 239 g/mol. The Balaban J connectivity index is 3.15. The molecule has 0 spiro atoms. The van der Waals surface area contributed by atoms with E-state index >= 15 is 0 Å². The second-order valence-corrected chi connectivity index (χ2v) is 5.91. The average Bonchev–Trinajstić information content (AvgIpc) is 2.15. The normalized spacial score (nSPS) is 13.6. The summed E-state index contributed by atoms with van der Waals surface area (Å²) in [5.41, 5.74) is 3.09. The fraction of sp³-hybridized carbons (Fsp3) is 0.500. The van der Waals surface area contributed by atoms with Crippen LogP contribution >= 0.6 is 11.6 Å². The Labute approximate surface area is 103 Å². The van der Waals surface area contributed by atoms with Crippen LogP contribution in [-0.2, 0) is 5.41 Å². The first-order valence-electron chi connectivity index (χ1n) is 5.53. The summed E-state index contributed by atoms with van der Waals surface area (Å²) in [5, 5.41) is -0.459. The van der Waals surface area contributed by atoms with Crippen LogP contribution in [0.25, 0.3) is 0 Å². The molecule has 1 aromatic rings. The Kier molecular flexibility index (Phi) is 3.80. The molecule has 0 fully saturated rings. The standard InChI is InChI=1S/C14H19ClO/c1-9-8-11(14(3,4)5)6-7-12(9)13(16)10(2)15/h6-8,10H,1-5H3. The number of alkyl halides is 1. The van der Waals surface area contributed by atoms with Gasteiger partial charge in [0, 0.05) is 5.56 Å². The van der Waals surface area contributed by atoms with E-state index < -0.39 is 5.38 Å². The molecule has 2 heteroatoms. The van der Waals surface area contributed by atoms with E-state index in [-0.39, 0.29) is 11.2 Å². The summed E-state index contributed by atoms with van der Waals surface area (Å²) in [4.78, 5) is 11.8. The third-order valence-electron chi connectivity index (χ3n) is 2.72. The molecule has 0 aromatic heterocycles. The molecule has 1 nitrogen and oxygen atoms in total. The molecule has 88 valence electrons. The lowest BCUT2D eigenvalue weighted by atomic mass is 9.85. The summed E-state index contributed by atoms with van der Waals surface area (Å²) in [7, 11) is 0. The van der Waals surface area contributed by atoms with Gasteiger partial charge in [-0.05, 0) is 30.4 Å². The van der Waals surface area contributed by atoms with Crippen LogP contribution in [0.15, 0.2) is 18.2 Å². The lowest BCUT2D eigenvalue weighted by molar-refractivity contribution is 0.0991. The monoisotopic (exact) mass is 238 g/mol. The van der Waals surface area contributed by atoms with Crippen LogP contribution in [-0.4, -0.2) is 11.2 Å². The predicted octanol–water partition coefficient (Wildman–Crippen LogP) is 4.10. The minimum absolute atomic E-state index is 0.000346. The van der Waals surface area contributed by atoms with Gasteiger partial charge in [-0.3, -0.25) is 4.79 Å². The summed E-state index contributed by atoms with van der Waals surface area (Å²) < 4.78 is 0. The molecule has 1 atom stereocenters. The number of benzene rings is 1. The molecule has 0 aliphatic heterocycles. The van der Waals surface area contributed by atoms with Gasteiger partial charge in [0.05, 0.1) is 5.38 Å². The molecule has 16 heavy (non-hydrogen) atoms. The maximum atomic E-state index is 11.8. The minimum atomic E-state index is -0.459. The lowest BCUT2D eigenvalue weighted by Crippen LogP contribution is -2.15. The third-order valence-corrected chi connectivity index (χ3v) is 2.92. The highest BCUT2D eigenvalue weighted by molar-refractivity contribution is 6.33. The SMILES string of the molecule is Cc1cc(C(C)(C)C)ccc1C(=O)C(C)Cl. The van der Waals surface area contributed by atoms with Crippen LogP contribution in [0.4, 0.5) is 0 Å². The van der Waals surface area contributed by atoms with Gasteiger partial charge < -0.3 is 0 Å². The molecule has 0 aliphatic rings. The van der Waals surface area contributed by atoms with Crippen LogP contribution in [0.3, 0.4) is 0 Å². The van der Waals surface area contributed by atoms with Crippen molar-refractivity contribution >= 4 is 17.4 Å². The number of Topliss-reactive ketones (excluding diaryl/α,β-unsaturated/α-hetero) is 1. The molecule has 0 amide bonds. The van der Waals surface area contributed by atoms with E-state index in [4.69, 9.17) is 11.6 Å². The van der Waals surface area contributed by atoms with E-state index in [0.29, 0.717) is 0 Å². The zero-order chi connectivity index (χ0) is 12.5. The summed E-state index contributed by atoms with van der Waals surface area (Å²) in [6, 6.07) is 5.98. The van der Waals surface area contributed by atoms with Gasteiger partial charge in [0.2, 0.25) is 0 Å². The van der Waals surface area contributed by atoms with Crippen LogP contribution in [0.1, 0.15) is 49.2 Å². The van der Waals surface area contributed by atoms with E-state index in [0.717, 1.165) is 11.1 Å². The van der Waals surface area contributed by atoms with E-state index in [9.17, 15) is 4.79 Å². The Morgan fingerprint density at radius 2 is 1.88 bits per heavy atom. The second kappa shape index (κ2) is 4.58. The van der Waals surface area contributed by atoms with Crippen molar-refractivity contribution in [2.24, 2.45) is 0 Å². The van der Waals surface area contributed by atoms with Crippen molar-refractivity contribution in [3.8, 4) is 0 Å². The first-order chi connectivity index (χ1) is 7.23. The van der Waals surface area contributed by atoms with Gasteiger partial charge in [0.1, 0.15) is 0 Å². The van der Waals surface area contributed by atoms with E-state index in [2.05, 4.69) is 26.8 Å². The van der Waals surface area contributed by atoms with Gasteiger partial charge in [-0.1, -0.05) is 39.0 Å². The van der Waals surface area contributed by atoms with Crippen molar-refractivity contribution in [3.63, 3.8) is 0 Å². The molecule has 0 radical (unpaired) electrons. The van der Waals surface area contributed by atoms with Crippen LogP contribution < -0.4 is 0 Å². The molecule has 0 heterocycles. The van der Waals surface area contributed by atoms with Gasteiger partial charge in [-0.2, -0.15) is 0 Å². The van der Waals surface area contributed by atoms with Gasteiger partial charge >= 0.3 is 0 Å². The fourth-order valence-corrected chi connectivity index (χ4v) is 1.74. The van der Waals surface area contributed by atoms with Gasteiger partial charge in [-0.25, -0.2) is 0 Å². The van der Waals surface area contributed by atoms with Crippen molar-refractivity contribution in [1.82, 2.24) is 0 Å². The van der Waals surface area contributed by atoms with Crippen LogP contribution in [0.2, 0.25) is 0 Å². The highest BCUT2D eigenvalue weighted by Gasteiger charge is 2.18. The first-order valence-corrected chi connectivity index (χ1v) is 5.96. The quantitative estimate of drug-likeness (QED) is 0.560. The van der Waals surface area contributed by atoms with Crippen molar-refractivity contribution in [2.45, 2.75) is 45.4 Å². The molecule has 0 aliphatic carbocycles. The lowest BCUT2D eigenvalue weighted by Gasteiger charge is -2.20. The predicted molar refractivity (Wildman–Crippen MR) is 69.5 cm³/mol. The first kappa shape index (κ1) is 13.2. The molecule has 1 rings (SSSR count). The molecular weight excluding hydrogens is 220 g/mol. The zero-order valence-electron chi connectivity index (χ0n) is 10.6. The molecule has 0 saturated heterocycles. The summed E-state index contributed by atoms with van der Waals surface area (Å²) in [5.74, 6) is -0.000346. The Bertz CT molecular complexity index is 400. The topological polar surface area (TPSA) is 17.1 Å². The zero-order valence-corrected chi connectivity index (χ0v) is 11.4. The van der Waals surface area contributed by atoms with Crippen LogP contribution in [0.5, 0.6) is 0 Å². The van der Waals surface area contributed by atoms with Crippen molar-refractivity contribution in [1.29, 1.82) is 0 Å². The van der Waals surface area contributed by atoms with Crippen molar-refractivity contribution < 1.29 is 4.79 Å². The van der Waals surface area contributed by atoms with E-state index in [1.807, 2.05) is 19.1 Å². The molecule has 1 unspecified atom stereocenters. The van der Waals surface area contributed by atoms with Crippen molar-refractivity contribution in [3.05, 3.63) is 34.9 Å². The maximum absolute atomic E-state index is 11.8. The molecule has 0 bridgehead atoms. The smallest absolute Gasteiger partial charge is 0.180 e. The number of carbonyl (C=O) groups excluding carboxylic acids is 1. The summed E-state index contributed by atoms with van der Waals surface area (Å²) in [6.07, 6.45) is 0. The number of rotatable bonds is 2. The van der Waals surface area contributed by atoms with Crippen molar-refractivity contribution in [2.75, 3.05) is 0 Å². The number of hydrogen-bond donors (Lipinski definition) is 0. The number of carbonyl (C=O) groups is 1. The summed E-state index contributed by atoms with van der Waals surface area (Å²) in [6.45, 7) is 10.1. The number of ketones is 1. The highest BCUT2D eigenvalue weighted by atomic mass is 35.5. The fourth-order valence-electron chi connectivity index (χ4n) is 1.62. The van der Waals surface area contributed by atoms with Gasteiger partial charge in [0.15, 0.2) is 5.78 Å². The third kappa shape index (κ3) is 2.85.